The van der Waals surface area contributed by atoms with Crippen LogP contribution in [0.1, 0.15) is 29.4 Å². The highest BCUT2D eigenvalue weighted by molar-refractivity contribution is 5.27. The van der Waals surface area contributed by atoms with E-state index in [1.165, 1.54) is 0 Å². The van der Waals surface area contributed by atoms with E-state index >= 15 is 0 Å². The van der Waals surface area contributed by atoms with Crippen LogP contribution in [-0.4, -0.2) is 39.6 Å². The van der Waals surface area contributed by atoms with Crippen molar-refractivity contribution in [2.45, 2.75) is 38.1 Å². The van der Waals surface area contributed by atoms with Gasteiger partial charge in [-0.1, -0.05) is 66.7 Å². The number of methoxy groups -OCH3 is 2. The Hall–Kier alpha value is -3.16. The molecule has 1 aliphatic rings. The topological polar surface area (TPSA) is 55.4 Å². The fourth-order valence-electron chi connectivity index (χ4n) is 3.94. The zero-order valence-corrected chi connectivity index (χ0v) is 20.9. The molecule has 0 bridgehead atoms. The Kier molecular flexibility index (Phi) is 9.94. The Labute approximate surface area is 213 Å². The van der Waals surface area contributed by atoms with E-state index in [4.69, 9.17) is 28.4 Å². The summed E-state index contributed by atoms with van der Waals surface area (Å²) in [4.78, 5) is 0. The van der Waals surface area contributed by atoms with Crippen LogP contribution in [0.25, 0.3) is 0 Å². The quantitative estimate of drug-likeness (QED) is 0.234. The summed E-state index contributed by atoms with van der Waals surface area (Å²) in [6.07, 6.45) is 4.16. The van der Waals surface area contributed by atoms with Gasteiger partial charge in [-0.3, -0.25) is 0 Å². The molecule has 0 saturated carbocycles. The monoisotopic (exact) mass is 490 g/mol. The average molecular weight is 491 g/mol. The summed E-state index contributed by atoms with van der Waals surface area (Å²) in [5, 5.41) is 0. The van der Waals surface area contributed by atoms with Crippen LogP contribution in [-0.2, 0) is 32.2 Å². The van der Waals surface area contributed by atoms with Gasteiger partial charge < -0.3 is 28.4 Å². The molecular formula is C30H34O6. The Morgan fingerprint density at radius 2 is 1.36 bits per heavy atom. The summed E-state index contributed by atoms with van der Waals surface area (Å²) in [6.45, 7) is 2.04. The smallest absolute Gasteiger partial charge is 0.184 e. The Bertz CT molecular complexity index is 1050. The third-order valence-electron chi connectivity index (χ3n) is 5.91. The largest absolute Gasteiger partial charge is 0.497 e. The van der Waals surface area contributed by atoms with Gasteiger partial charge in [-0.15, -0.1) is 0 Å². The van der Waals surface area contributed by atoms with E-state index in [1.54, 1.807) is 14.2 Å². The number of hydrogen-bond acceptors (Lipinski definition) is 6. The minimum atomic E-state index is -0.440. The molecule has 1 fully saturated rings. The Morgan fingerprint density at radius 3 is 1.97 bits per heavy atom. The lowest BCUT2D eigenvalue weighted by Gasteiger charge is -2.34. The Balaban J connectivity index is 1.28. The van der Waals surface area contributed by atoms with Gasteiger partial charge in [0.2, 0.25) is 0 Å². The van der Waals surface area contributed by atoms with Crippen molar-refractivity contribution in [3.05, 3.63) is 108 Å². The van der Waals surface area contributed by atoms with E-state index in [-0.39, 0.29) is 12.2 Å². The summed E-state index contributed by atoms with van der Waals surface area (Å²) in [5.74, 6) is 1.67. The van der Waals surface area contributed by atoms with E-state index in [9.17, 15) is 0 Å². The summed E-state index contributed by atoms with van der Waals surface area (Å²) in [6, 6.07) is 25.8. The number of benzene rings is 3. The highest BCUT2D eigenvalue weighted by Gasteiger charge is 2.30. The average Bonchev–Trinajstić information content (AvgIpc) is 2.94. The fraction of sp³-hybridized carbons (Fsp3) is 0.333. The van der Waals surface area contributed by atoms with Gasteiger partial charge in [0.25, 0.3) is 0 Å². The molecule has 0 aromatic heterocycles. The van der Waals surface area contributed by atoms with E-state index in [0.29, 0.717) is 32.8 Å². The van der Waals surface area contributed by atoms with Crippen LogP contribution >= 0.6 is 0 Å². The fourth-order valence-corrected chi connectivity index (χ4v) is 3.94. The van der Waals surface area contributed by atoms with Crippen molar-refractivity contribution in [3.63, 3.8) is 0 Å². The minimum Gasteiger partial charge on any atom is -0.497 e. The number of rotatable bonds is 12. The van der Waals surface area contributed by atoms with Gasteiger partial charge in [-0.25, -0.2) is 0 Å². The molecule has 3 aromatic carbocycles. The molecule has 1 aliphatic heterocycles. The molecule has 0 radical (unpaired) electrons. The molecule has 36 heavy (non-hydrogen) atoms. The normalized spacial score (nSPS) is 19.9. The van der Waals surface area contributed by atoms with Crippen LogP contribution in [0.3, 0.4) is 0 Å². The van der Waals surface area contributed by atoms with Gasteiger partial charge >= 0.3 is 0 Å². The van der Waals surface area contributed by atoms with Gasteiger partial charge in [0, 0.05) is 12.0 Å². The highest BCUT2D eigenvalue weighted by Crippen LogP contribution is 2.30. The molecule has 0 aliphatic carbocycles. The van der Waals surface area contributed by atoms with Crippen LogP contribution in [0.15, 0.2) is 91.0 Å². The van der Waals surface area contributed by atoms with E-state index < -0.39 is 6.29 Å². The zero-order valence-electron chi connectivity index (χ0n) is 20.9. The van der Waals surface area contributed by atoms with E-state index in [0.717, 1.165) is 28.2 Å². The number of ether oxygens (including phenoxy) is 6. The van der Waals surface area contributed by atoms with E-state index in [2.05, 4.69) is 6.08 Å². The summed E-state index contributed by atoms with van der Waals surface area (Å²) in [7, 11) is 3.32. The van der Waals surface area contributed by atoms with Crippen LogP contribution in [0.2, 0.25) is 0 Å². The lowest BCUT2D eigenvalue weighted by Crippen LogP contribution is -2.35. The standard InChI is InChI=1S/C30H34O6/c1-31-26-14-10-23(11-15-26)20-33-18-6-9-28-19-29(36-30(35-28)25-7-4-3-5-8-25)22-34-21-24-12-16-27(32-2)17-13-24/h3-17,28-30H,18-22H2,1-2H3/b9-6-/t28-,29-,30-/m0/s1. The van der Waals surface area contributed by atoms with Crippen molar-refractivity contribution in [2.75, 3.05) is 27.4 Å². The number of hydrogen-bond donors (Lipinski definition) is 0. The molecule has 1 saturated heterocycles. The highest BCUT2D eigenvalue weighted by atomic mass is 16.7. The van der Waals surface area contributed by atoms with Crippen molar-refractivity contribution >= 4 is 0 Å². The van der Waals surface area contributed by atoms with Crippen molar-refractivity contribution < 1.29 is 28.4 Å². The Morgan fingerprint density at radius 1 is 0.750 bits per heavy atom. The maximum absolute atomic E-state index is 6.24. The van der Waals surface area contributed by atoms with Gasteiger partial charge in [0.05, 0.1) is 52.9 Å². The van der Waals surface area contributed by atoms with Gasteiger partial charge in [0.15, 0.2) is 6.29 Å². The molecule has 6 nitrogen and oxygen atoms in total. The zero-order chi connectivity index (χ0) is 25.0. The first-order valence-corrected chi connectivity index (χ1v) is 12.2. The predicted molar refractivity (Wildman–Crippen MR) is 138 cm³/mol. The second kappa shape index (κ2) is 13.8. The molecule has 190 valence electrons. The molecule has 6 heteroatoms. The van der Waals surface area contributed by atoms with Crippen molar-refractivity contribution in [3.8, 4) is 11.5 Å². The first-order valence-electron chi connectivity index (χ1n) is 12.2. The van der Waals surface area contributed by atoms with Crippen LogP contribution in [0.4, 0.5) is 0 Å². The van der Waals surface area contributed by atoms with Crippen LogP contribution in [0.5, 0.6) is 11.5 Å². The lowest BCUT2D eigenvalue weighted by atomic mass is 10.1. The lowest BCUT2D eigenvalue weighted by molar-refractivity contribution is -0.246. The summed E-state index contributed by atoms with van der Waals surface area (Å²) < 4.78 is 34.7. The van der Waals surface area contributed by atoms with E-state index in [1.807, 2.05) is 84.9 Å². The van der Waals surface area contributed by atoms with Crippen LogP contribution < -0.4 is 9.47 Å². The maximum atomic E-state index is 6.24. The molecule has 0 unspecified atom stereocenters. The molecule has 0 N–H and O–H groups in total. The first-order chi connectivity index (χ1) is 17.7. The third kappa shape index (κ3) is 7.93. The second-order valence-electron chi connectivity index (χ2n) is 8.57. The third-order valence-corrected chi connectivity index (χ3v) is 5.91. The molecule has 0 amide bonds. The molecular weight excluding hydrogens is 456 g/mol. The molecule has 3 aromatic rings. The van der Waals surface area contributed by atoms with Crippen molar-refractivity contribution in [1.29, 1.82) is 0 Å². The first kappa shape index (κ1) is 25.9. The second-order valence-corrected chi connectivity index (χ2v) is 8.57. The maximum Gasteiger partial charge on any atom is 0.184 e. The molecule has 3 atom stereocenters. The van der Waals surface area contributed by atoms with Gasteiger partial charge in [-0.2, -0.15) is 0 Å². The van der Waals surface area contributed by atoms with Crippen molar-refractivity contribution in [1.82, 2.24) is 0 Å². The summed E-state index contributed by atoms with van der Waals surface area (Å²) >= 11 is 0. The predicted octanol–water partition coefficient (Wildman–Crippen LogP) is 5.87. The molecule has 1 heterocycles. The van der Waals surface area contributed by atoms with Gasteiger partial charge in [-0.05, 0) is 35.4 Å². The minimum absolute atomic E-state index is 0.0860. The molecule has 4 rings (SSSR count). The SMILES string of the molecule is COc1ccc(COC/C=C\[C@H]2C[C@@H](COCc3ccc(OC)cc3)O[C@@H](c3ccccc3)O2)cc1. The van der Waals surface area contributed by atoms with Crippen molar-refractivity contribution in [2.24, 2.45) is 0 Å². The summed E-state index contributed by atoms with van der Waals surface area (Å²) in [5.41, 5.74) is 3.18. The van der Waals surface area contributed by atoms with Gasteiger partial charge in [0.1, 0.15) is 11.5 Å². The van der Waals surface area contributed by atoms with Crippen LogP contribution in [0, 0.1) is 0 Å². The molecule has 0 spiro atoms.